The van der Waals surface area contributed by atoms with E-state index in [9.17, 15) is 47.3 Å². The minimum Gasteiger partial charge on any atom is -0.469 e. The number of piperidine rings is 1. The summed E-state index contributed by atoms with van der Waals surface area (Å²) in [5.41, 5.74) is 0.725. The Labute approximate surface area is 304 Å². The normalized spacial score (nSPS) is 14.5. The summed E-state index contributed by atoms with van der Waals surface area (Å²) in [5.74, 6) is -3.56. The zero-order chi connectivity index (χ0) is 39.3. The lowest BCUT2D eigenvalue weighted by Gasteiger charge is -2.29. The molecular weight excluding hydrogens is 724 g/mol. The van der Waals surface area contributed by atoms with Crippen LogP contribution in [0.2, 0.25) is 0 Å². The van der Waals surface area contributed by atoms with Gasteiger partial charge in [-0.3, -0.25) is 29.3 Å². The summed E-state index contributed by atoms with van der Waals surface area (Å²) in [4.78, 5) is 84.2. The molecular formula is C32H40N6O14S. The molecule has 0 saturated carbocycles. The van der Waals surface area contributed by atoms with Crippen LogP contribution in [0.25, 0.3) is 0 Å². The third-order valence-electron chi connectivity index (χ3n) is 7.72. The molecule has 20 nitrogen and oxygen atoms in total. The molecule has 0 aromatic heterocycles. The first-order chi connectivity index (χ1) is 25.0. The Balaban J connectivity index is 1.41. The van der Waals surface area contributed by atoms with E-state index in [1.54, 1.807) is 30.7 Å². The van der Waals surface area contributed by atoms with Crippen molar-refractivity contribution >= 4 is 57.5 Å². The number of nitro benzene ring substituents is 1. The van der Waals surface area contributed by atoms with Crippen molar-refractivity contribution in [2.75, 3.05) is 32.1 Å². The van der Waals surface area contributed by atoms with Gasteiger partial charge in [0.1, 0.15) is 24.4 Å². The molecule has 1 heterocycles. The van der Waals surface area contributed by atoms with E-state index in [0.717, 1.165) is 4.31 Å². The number of esters is 1. The highest BCUT2D eigenvalue weighted by molar-refractivity contribution is 7.87. The second kappa shape index (κ2) is 19.1. The number of hydrogen-bond acceptors (Lipinski definition) is 14. The SMILES string of the molecule is COC(=O)C1CCN(S(=O)(=O)NC(=O)OCC(=O)N[C@H](C(=O)N[C@@H](C)C(=O)Nc2ccc(COC(=O)Oc3ccc([N+](=O)[O-])cc3)cc2)C(C)C)CC1. The van der Waals surface area contributed by atoms with Crippen LogP contribution >= 0.6 is 0 Å². The zero-order valence-electron chi connectivity index (χ0n) is 29.2. The van der Waals surface area contributed by atoms with E-state index in [4.69, 9.17) is 14.2 Å². The third kappa shape index (κ3) is 13.0. The number of amides is 4. The van der Waals surface area contributed by atoms with Crippen LogP contribution in [0.1, 0.15) is 39.2 Å². The highest BCUT2D eigenvalue weighted by Gasteiger charge is 2.33. The Morgan fingerprint density at radius 3 is 2.09 bits per heavy atom. The number of rotatable bonds is 15. The summed E-state index contributed by atoms with van der Waals surface area (Å²) in [5, 5.41) is 18.3. The van der Waals surface area contributed by atoms with Gasteiger partial charge in [-0.1, -0.05) is 26.0 Å². The van der Waals surface area contributed by atoms with E-state index in [1.165, 1.54) is 50.4 Å². The zero-order valence-corrected chi connectivity index (χ0v) is 30.0. The summed E-state index contributed by atoms with van der Waals surface area (Å²) in [6.07, 6.45) is -2.06. The van der Waals surface area contributed by atoms with Crippen molar-refractivity contribution in [1.82, 2.24) is 19.7 Å². The van der Waals surface area contributed by atoms with Crippen molar-refractivity contribution in [3.8, 4) is 5.75 Å². The fourth-order valence-electron chi connectivity index (χ4n) is 4.79. The van der Waals surface area contributed by atoms with Crippen LogP contribution in [-0.4, -0.2) is 92.5 Å². The molecule has 0 bridgehead atoms. The average molecular weight is 765 g/mol. The van der Waals surface area contributed by atoms with Gasteiger partial charge in [0.05, 0.1) is 18.0 Å². The molecule has 1 saturated heterocycles. The molecule has 0 radical (unpaired) electrons. The summed E-state index contributed by atoms with van der Waals surface area (Å²) >= 11 is 0. The van der Waals surface area contributed by atoms with E-state index in [0.29, 0.717) is 11.3 Å². The quantitative estimate of drug-likeness (QED) is 0.0662. The molecule has 2 aromatic carbocycles. The van der Waals surface area contributed by atoms with E-state index >= 15 is 0 Å². The van der Waals surface area contributed by atoms with Crippen molar-refractivity contribution in [2.24, 2.45) is 11.8 Å². The second-order valence-electron chi connectivity index (χ2n) is 12.0. The number of non-ortho nitro benzene ring substituents is 1. The van der Waals surface area contributed by atoms with Crippen molar-refractivity contribution in [2.45, 2.75) is 52.3 Å². The maximum absolute atomic E-state index is 13.0. The monoisotopic (exact) mass is 764 g/mol. The van der Waals surface area contributed by atoms with Crippen molar-refractivity contribution in [3.05, 3.63) is 64.2 Å². The van der Waals surface area contributed by atoms with E-state index in [2.05, 4.69) is 20.7 Å². The maximum atomic E-state index is 13.0. The van der Waals surface area contributed by atoms with Crippen LogP contribution in [0.4, 0.5) is 21.0 Å². The number of methoxy groups -OCH3 is 1. The van der Waals surface area contributed by atoms with Gasteiger partial charge >= 0.3 is 28.4 Å². The average Bonchev–Trinajstić information content (AvgIpc) is 3.12. The van der Waals surface area contributed by atoms with Gasteiger partial charge in [0.15, 0.2) is 6.61 Å². The molecule has 2 atom stereocenters. The number of anilines is 1. The maximum Gasteiger partial charge on any atom is 0.514 e. The minimum atomic E-state index is -4.32. The van der Waals surface area contributed by atoms with Crippen molar-refractivity contribution in [3.63, 3.8) is 0 Å². The standard InChI is InChI=1S/C32H40N6O14S/c1-19(2)27(35-26(39)18-50-31(43)36-53(47,48)37-15-13-22(14-16-37)30(42)49-4)29(41)33-20(3)28(40)34-23-7-5-21(6-8-23)17-51-32(44)52-25-11-9-24(10-12-25)38(45)46/h5-12,19-20,22,27H,13-18H2,1-4H3,(H,33,41)(H,34,40)(H,35,39)(H,36,43)/t20-,27-/m0/s1. The molecule has 4 N–H and O–H groups in total. The molecule has 4 amide bonds. The Hall–Kier alpha value is -5.83. The molecule has 288 valence electrons. The highest BCUT2D eigenvalue weighted by atomic mass is 32.2. The molecule has 1 aliphatic rings. The molecule has 2 aromatic rings. The molecule has 1 aliphatic heterocycles. The second-order valence-corrected chi connectivity index (χ2v) is 13.6. The topological polar surface area (TPSA) is 268 Å². The molecule has 3 rings (SSSR count). The number of nitrogens with one attached hydrogen (secondary N) is 4. The number of benzene rings is 2. The minimum absolute atomic E-state index is 0.0396. The predicted octanol–water partition coefficient (Wildman–Crippen LogP) is 1.75. The van der Waals surface area contributed by atoms with Crippen LogP contribution in [0.5, 0.6) is 5.75 Å². The van der Waals surface area contributed by atoms with E-state index in [-0.39, 0.29) is 44.0 Å². The number of ether oxygens (including phenoxy) is 4. The third-order valence-corrected chi connectivity index (χ3v) is 9.19. The Morgan fingerprint density at radius 2 is 1.53 bits per heavy atom. The first-order valence-corrected chi connectivity index (χ1v) is 17.5. The first-order valence-electron chi connectivity index (χ1n) is 16.1. The number of nitro groups is 1. The van der Waals surface area contributed by atoms with E-state index < -0.39 is 81.6 Å². The summed E-state index contributed by atoms with van der Waals surface area (Å²) < 4.78 is 47.1. The number of carbonyl (C=O) groups is 6. The van der Waals surface area contributed by atoms with Crippen molar-refractivity contribution in [1.29, 1.82) is 0 Å². The van der Waals surface area contributed by atoms with Gasteiger partial charge in [0.25, 0.3) is 11.6 Å². The number of hydrogen-bond donors (Lipinski definition) is 4. The highest BCUT2D eigenvalue weighted by Crippen LogP contribution is 2.21. The molecule has 0 spiro atoms. The van der Waals surface area contributed by atoms with Crippen LogP contribution in [0, 0.1) is 22.0 Å². The summed E-state index contributed by atoms with van der Waals surface area (Å²) in [6, 6.07) is 8.80. The van der Waals surface area contributed by atoms with Crippen LogP contribution in [0.15, 0.2) is 48.5 Å². The van der Waals surface area contributed by atoms with E-state index in [1.807, 2.05) is 0 Å². The largest absolute Gasteiger partial charge is 0.514 e. The predicted molar refractivity (Wildman–Crippen MR) is 183 cm³/mol. The number of nitrogens with zero attached hydrogens (tertiary/aromatic N) is 2. The van der Waals surface area contributed by atoms with Crippen LogP contribution in [-0.2, 0) is 50.2 Å². The lowest BCUT2D eigenvalue weighted by molar-refractivity contribution is -0.384. The fourth-order valence-corrected chi connectivity index (χ4v) is 5.88. The summed E-state index contributed by atoms with van der Waals surface area (Å²) in [6.45, 7) is 3.49. The Morgan fingerprint density at radius 1 is 0.906 bits per heavy atom. The van der Waals surface area contributed by atoms with Gasteiger partial charge in [-0.25, -0.2) is 14.3 Å². The van der Waals surface area contributed by atoms with Gasteiger partial charge in [0.2, 0.25) is 11.8 Å². The van der Waals surface area contributed by atoms with Gasteiger partial charge in [-0.15, -0.1) is 0 Å². The molecule has 53 heavy (non-hydrogen) atoms. The number of carbonyl (C=O) groups excluding carboxylic acids is 6. The Kier molecular flexibility index (Phi) is 15.0. The molecule has 1 fully saturated rings. The molecule has 21 heteroatoms. The van der Waals surface area contributed by atoms with Crippen LogP contribution in [0.3, 0.4) is 0 Å². The lowest BCUT2D eigenvalue weighted by atomic mass is 9.99. The fraction of sp³-hybridized carbons (Fsp3) is 0.438. The lowest BCUT2D eigenvalue weighted by Crippen LogP contribution is -2.54. The Bertz CT molecular complexity index is 1760. The molecule has 0 unspecified atom stereocenters. The van der Waals surface area contributed by atoms with Gasteiger partial charge < -0.3 is 34.9 Å². The first kappa shape index (κ1) is 41.6. The van der Waals surface area contributed by atoms with Gasteiger partial charge in [-0.2, -0.15) is 12.7 Å². The van der Waals surface area contributed by atoms with Gasteiger partial charge in [-0.05, 0) is 55.5 Å². The van der Waals surface area contributed by atoms with Gasteiger partial charge in [0, 0.05) is 30.9 Å². The smallest absolute Gasteiger partial charge is 0.469 e. The summed E-state index contributed by atoms with van der Waals surface area (Å²) in [7, 11) is -3.08. The molecule has 0 aliphatic carbocycles. The van der Waals surface area contributed by atoms with Crippen molar-refractivity contribution < 1.29 is 61.1 Å². The van der Waals surface area contributed by atoms with Crippen LogP contribution < -0.4 is 25.4 Å².